The Bertz CT molecular complexity index is 1050. The lowest BCUT2D eigenvalue weighted by Gasteiger charge is -2.02. The van der Waals surface area contributed by atoms with Crippen LogP contribution in [0.2, 0.25) is 0 Å². The van der Waals surface area contributed by atoms with Gasteiger partial charge >= 0.3 is 5.97 Å². The second-order valence-electron chi connectivity index (χ2n) is 5.68. The zero-order valence-corrected chi connectivity index (χ0v) is 14.3. The van der Waals surface area contributed by atoms with Gasteiger partial charge in [0.1, 0.15) is 0 Å². The number of aryl methyl sites for hydroxylation is 1. The zero-order chi connectivity index (χ0) is 18.6. The first-order valence-corrected chi connectivity index (χ1v) is 8.15. The lowest BCUT2D eigenvalue weighted by atomic mass is 10.1. The third kappa shape index (κ3) is 3.74. The first kappa shape index (κ1) is 16.6. The van der Waals surface area contributed by atoms with Crippen molar-refractivity contribution in [3.63, 3.8) is 0 Å². The first-order valence-electron chi connectivity index (χ1n) is 8.15. The van der Waals surface area contributed by atoms with E-state index < -0.39 is 5.97 Å². The van der Waals surface area contributed by atoms with E-state index in [4.69, 9.17) is 13.8 Å². The molecule has 0 radical (unpaired) electrons. The number of nitrogens with zero attached hydrogens (tertiary/aromatic N) is 4. The summed E-state index contributed by atoms with van der Waals surface area (Å²) in [5.74, 6) is 1.11. The number of aromatic nitrogens is 4. The Morgan fingerprint density at radius 1 is 0.926 bits per heavy atom. The summed E-state index contributed by atoms with van der Waals surface area (Å²) in [5.41, 5.74) is 1.93. The van der Waals surface area contributed by atoms with Gasteiger partial charge in [0, 0.05) is 11.1 Å². The quantitative estimate of drug-likeness (QED) is 0.497. The molecule has 0 saturated carbocycles. The molecule has 2 aromatic heterocycles. The Morgan fingerprint density at radius 2 is 1.70 bits per heavy atom. The second kappa shape index (κ2) is 7.20. The summed E-state index contributed by atoms with van der Waals surface area (Å²) >= 11 is 0. The van der Waals surface area contributed by atoms with E-state index in [9.17, 15) is 4.79 Å². The summed E-state index contributed by atoms with van der Waals surface area (Å²) < 4.78 is 15.4. The topological polar surface area (TPSA) is 104 Å². The molecule has 27 heavy (non-hydrogen) atoms. The number of benzene rings is 2. The van der Waals surface area contributed by atoms with E-state index in [2.05, 4.69) is 20.3 Å². The van der Waals surface area contributed by atoms with Crippen molar-refractivity contribution >= 4 is 5.97 Å². The third-order valence-corrected chi connectivity index (χ3v) is 3.72. The van der Waals surface area contributed by atoms with E-state index in [-0.39, 0.29) is 12.5 Å². The number of rotatable bonds is 5. The van der Waals surface area contributed by atoms with Crippen molar-refractivity contribution in [2.75, 3.05) is 0 Å². The van der Waals surface area contributed by atoms with Crippen LogP contribution in [0.1, 0.15) is 22.1 Å². The molecule has 4 rings (SSSR count). The van der Waals surface area contributed by atoms with E-state index in [1.807, 2.05) is 30.3 Å². The summed E-state index contributed by atoms with van der Waals surface area (Å²) in [4.78, 5) is 20.5. The normalized spacial score (nSPS) is 10.7. The van der Waals surface area contributed by atoms with Gasteiger partial charge in [-0.1, -0.05) is 40.6 Å². The fourth-order valence-electron chi connectivity index (χ4n) is 2.39. The van der Waals surface area contributed by atoms with Crippen molar-refractivity contribution in [3.05, 3.63) is 71.9 Å². The third-order valence-electron chi connectivity index (χ3n) is 3.72. The van der Waals surface area contributed by atoms with Gasteiger partial charge in [-0.2, -0.15) is 9.97 Å². The molecule has 0 bridgehead atoms. The van der Waals surface area contributed by atoms with Crippen LogP contribution in [0.4, 0.5) is 0 Å². The fraction of sp³-hybridized carbons (Fsp3) is 0.105. The van der Waals surface area contributed by atoms with Crippen LogP contribution in [-0.4, -0.2) is 26.3 Å². The minimum Gasteiger partial charge on any atom is -0.452 e. The first-order chi connectivity index (χ1) is 13.2. The molecule has 0 aliphatic heterocycles. The van der Waals surface area contributed by atoms with Crippen LogP contribution in [-0.2, 0) is 11.3 Å². The molecular formula is C19H14N4O4. The van der Waals surface area contributed by atoms with Gasteiger partial charge in [0.2, 0.25) is 5.82 Å². The molecule has 0 aliphatic rings. The van der Waals surface area contributed by atoms with Gasteiger partial charge < -0.3 is 13.8 Å². The summed E-state index contributed by atoms with van der Waals surface area (Å²) in [5, 5.41) is 7.62. The van der Waals surface area contributed by atoms with Crippen molar-refractivity contribution in [2.24, 2.45) is 0 Å². The minimum absolute atomic E-state index is 0.108. The Kier molecular flexibility index (Phi) is 4.44. The van der Waals surface area contributed by atoms with Gasteiger partial charge in [-0.25, -0.2) is 4.79 Å². The molecule has 0 saturated heterocycles. The van der Waals surface area contributed by atoms with E-state index in [1.165, 1.54) is 0 Å². The maximum absolute atomic E-state index is 12.2. The highest BCUT2D eigenvalue weighted by molar-refractivity contribution is 5.89. The van der Waals surface area contributed by atoms with Crippen molar-refractivity contribution < 1.29 is 18.6 Å². The largest absolute Gasteiger partial charge is 0.452 e. The van der Waals surface area contributed by atoms with Crippen LogP contribution in [0.3, 0.4) is 0 Å². The van der Waals surface area contributed by atoms with Gasteiger partial charge in [0.25, 0.3) is 11.8 Å². The summed E-state index contributed by atoms with van der Waals surface area (Å²) in [7, 11) is 0. The van der Waals surface area contributed by atoms with Crippen molar-refractivity contribution in [3.8, 4) is 22.8 Å². The van der Waals surface area contributed by atoms with Gasteiger partial charge in [-0.15, -0.1) is 0 Å². The highest BCUT2D eigenvalue weighted by Gasteiger charge is 2.13. The van der Waals surface area contributed by atoms with Crippen LogP contribution in [0.5, 0.6) is 0 Å². The zero-order valence-electron chi connectivity index (χ0n) is 14.3. The van der Waals surface area contributed by atoms with Gasteiger partial charge in [0.05, 0.1) is 5.56 Å². The van der Waals surface area contributed by atoms with E-state index in [0.29, 0.717) is 23.1 Å². The van der Waals surface area contributed by atoms with Crippen LogP contribution in [0.15, 0.2) is 63.6 Å². The van der Waals surface area contributed by atoms with Crippen LogP contribution >= 0.6 is 0 Å². The Labute approximate surface area is 153 Å². The van der Waals surface area contributed by atoms with Gasteiger partial charge in [-0.3, -0.25) is 0 Å². The van der Waals surface area contributed by atoms with E-state index >= 15 is 0 Å². The van der Waals surface area contributed by atoms with Crippen molar-refractivity contribution in [2.45, 2.75) is 13.5 Å². The minimum atomic E-state index is -0.497. The molecule has 2 aromatic carbocycles. The molecule has 134 valence electrons. The maximum atomic E-state index is 12.2. The number of esters is 1. The molecule has 4 aromatic rings. The standard InChI is InChI=1S/C19H14N4O4/c1-12-20-18(27-22-12)14-7-9-15(10-8-14)19(24)25-11-16-21-17(23-26-16)13-5-3-2-4-6-13/h2-10H,11H2,1H3. The van der Waals surface area contributed by atoms with E-state index in [1.54, 1.807) is 31.2 Å². The molecule has 0 N–H and O–H groups in total. The molecule has 8 heteroatoms. The molecule has 0 spiro atoms. The Hall–Kier alpha value is -3.81. The van der Waals surface area contributed by atoms with Gasteiger partial charge in [-0.05, 0) is 31.2 Å². The van der Waals surface area contributed by atoms with Crippen LogP contribution in [0.25, 0.3) is 22.8 Å². The number of ether oxygens (including phenoxy) is 1. The maximum Gasteiger partial charge on any atom is 0.338 e. The number of hydrogen-bond donors (Lipinski definition) is 0. The Balaban J connectivity index is 1.39. The second-order valence-corrected chi connectivity index (χ2v) is 5.68. The molecule has 2 heterocycles. The predicted octanol–water partition coefficient (Wildman–Crippen LogP) is 3.45. The molecule has 0 amide bonds. The van der Waals surface area contributed by atoms with Crippen LogP contribution < -0.4 is 0 Å². The molecular weight excluding hydrogens is 348 g/mol. The number of hydrogen-bond acceptors (Lipinski definition) is 8. The SMILES string of the molecule is Cc1noc(-c2ccc(C(=O)OCc3nc(-c4ccccc4)no3)cc2)n1. The highest BCUT2D eigenvalue weighted by Crippen LogP contribution is 2.19. The van der Waals surface area contributed by atoms with Gasteiger partial charge in [0.15, 0.2) is 12.4 Å². The predicted molar refractivity (Wildman–Crippen MR) is 93.3 cm³/mol. The number of carbonyl (C=O) groups is 1. The smallest absolute Gasteiger partial charge is 0.338 e. The fourth-order valence-corrected chi connectivity index (χ4v) is 2.39. The summed E-state index contributed by atoms with van der Waals surface area (Å²) in [6.45, 7) is 1.63. The molecule has 0 unspecified atom stereocenters. The summed E-state index contributed by atoms with van der Waals surface area (Å²) in [6.07, 6.45) is 0. The lowest BCUT2D eigenvalue weighted by Crippen LogP contribution is -2.05. The molecule has 0 fully saturated rings. The monoisotopic (exact) mass is 362 g/mol. The Morgan fingerprint density at radius 3 is 2.41 bits per heavy atom. The van der Waals surface area contributed by atoms with Crippen molar-refractivity contribution in [1.82, 2.24) is 20.3 Å². The van der Waals surface area contributed by atoms with Crippen molar-refractivity contribution in [1.29, 1.82) is 0 Å². The average molecular weight is 362 g/mol. The molecule has 0 atom stereocenters. The average Bonchev–Trinajstić information content (AvgIpc) is 3.36. The van der Waals surface area contributed by atoms with E-state index in [0.717, 1.165) is 11.1 Å². The lowest BCUT2D eigenvalue weighted by molar-refractivity contribution is 0.0430. The molecule has 8 nitrogen and oxygen atoms in total. The molecule has 0 aliphatic carbocycles. The summed E-state index contributed by atoms with van der Waals surface area (Å²) in [6, 6.07) is 16.1. The van der Waals surface area contributed by atoms with Crippen LogP contribution in [0, 0.1) is 6.92 Å². The number of carbonyl (C=O) groups excluding carboxylic acids is 1. The highest BCUT2D eigenvalue weighted by atomic mass is 16.6.